The van der Waals surface area contributed by atoms with Crippen LogP contribution < -0.4 is 20.3 Å². The number of hydrogen-bond acceptors (Lipinski definition) is 5. The number of nitro groups is 1. The largest absolute Gasteiger partial charge is 0.495 e. The van der Waals surface area contributed by atoms with E-state index >= 15 is 0 Å². The zero-order valence-electron chi connectivity index (χ0n) is 16.8. The number of non-ortho nitro benzene ring substituents is 1. The summed E-state index contributed by atoms with van der Waals surface area (Å²) in [4.78, 5) is 35.4. The Bertz CT molecular complexity index is 1020. The Kier molecular flexibility index (Phi) is 7.53. The van der Waals surface area contributed by atoms with Gasteiger partial charge in [-0.15, -0.1) is 0 Å². The Hall–Kier alpha value is -3.67. The summed E-state index contributed by atoms with van der Waals surface area (Å²) in [5.41, 5.74) is -0.706. The highest BCUT2D eigenvalue weighted by Crippen LogP contribution is 2.28. The fourth-order valence-electron chi connectivity index (χ4n) is 2.60. The van der Waals surface area contributed by atoms with Crippen LogP contribution in [0.5, 0.6) is 5.75 Å². The number of hydrogen-bond donors (Lipinski definition) is 3. The van der Waals surface area contributed by atoms with Gasteiger partial charge in [0.2, 0.25) is 0 Å². The van der Waals surface area contributed by atoms with Crippen LogP contribution in [0, 0.1) is 27.6 Å². The first-order valence-corrected chi connectivity index (χ1v) is 8.94. The summed E-state index contributed by atoms with van der Waals surface area (Å²) >= 11 is 0. The molecule has 9 nitrogen and oxygen atoms in total. The maximum atomic E-state index is 13.7. The summed E-state index contributed by atoms with van der Waals surface area (Å²) in [6, 6.07) is 4.43. The van der Waals surface area contributed by atoms with Crippen LogP contribution >= 0.6 is 0 Å². The molecule has 3 N–H and O–H groups in total. The Labute approximate surface area is 174 Å². The first-order valence-electron chi connectivity index (χ1n) is 8.94. The Balaban J connectivity index is 2.04. The Morgan fingerprint density at radius 2 is 1.81 bits per heavy atom. The van der Waals surface area contributed by atoms with E-state index < -0.39 is 45.9 Å². The van der Waals surface area contributed by atoms with Gasteiger partial charge in [-0.2, -0.15) is 0 Å². The lowest BCUT2D eigenvalue weighted by atomic mass is 10.2. The van der Waals surface area contributed by atoms with Crippen LogP contribution in [0.15, 0.2) is 30.3 Å². The third-order valence-electron chi connectivity index (χ3n) is 4.53. The number of halogens is 3. The lowest BCUT2D eigenvalue weighted by Gasteiger charge is -2.21. The molecule has 2 aromatic carbocycles. The van der Waals surface area contributed by atoms with Crippen LogP contribution in [0.3, 0.4) is 0 Å². The van der Waals surface area contributed by atoms with Crippen LogP contribution in [-0.2, 0) is 9.59 Å². The summed E-state index contributed by atoms with van der Waals surface area (Å²) in [7, 11) is 2.84. The highest BCUT2D eigenvalue weighted by atomic mass is 19.2. The molecule has 2 atom stereocenters. The zero-order valence-corrected chi connectivity index (χ0v) is 16.8. The standard InChI is InChI=1S/C19H19F3N4O5/c1-10(19(28)24-14-8-11(26(29)30)4-7-15(14)31-3)25(2)9-16(27)23-13-6-5-12(20)17(21)18(13)22/h4-8,10H,9H2,1-3H3,(H,23,27)(H,24,28)/p+1/t10-/m1/s1. The quantitative estimate of drug-likeness (QED) is 0.326. The van der Waals surface area contributed by atoms with Crippen molar-refractivity contribution >= 4 is 28.9 Å². The van der Waals surface area contributed by atoms with E-state index in [1.165, 1.54) is 33.2 Å². The fraction of sp³-hybridized carbons (Fsp3) is 0.263. The molecule has 1 unspecified atom stereocenters. The molecule has 0 aliphatic heterocycles. The van der Waals surface area contributed by atoms with Crippen LogP contribution in [-0.4, -0.2) is 43.5 Å². The molecule has 0 spiro atoms. The SMILES string of the molecule is COc1ccc([N+](=O)[O-])cc1NC(=O)[C@@H](C)[NH+](C)CC(=O)Nc1ccc(F)c(F)c1F. The molecule has 31 heavy (non-hydrogen) atoms. The predicted octanol–water partition coefficient (Wildman–Crippen LogP) is 1.50. The molecule has 2 aromatic rings. The molecule has 0 saturated carbocycles. The zero-order chi connectivity index (χ0) is 23.3. The summed E-state index contributed by atoms with van der Waals surface area (Å²) in [5, 5.41) is 15.6. The monoisotopic (exact) mass is 441 g/mol. The van der Waals surface area contributed by atoms with Crippen molar-refractivity contribution in [2.45, 2.75) is 13.0 Å². The van der Waals surface area contributed by atoms with Crippen molar-refractivity contribution in [2.75, 3.05) is 31.3 Å². The van der Waals surface area contributed by atoms with E-state index in [9.17, 15) is 32.9 Å². The molecular formula is C19H20F3N4O5+. The van der Waals surface area contributed by atoms with E-state index in [2.05, 4.69) is 10.6 Å². The Morgan fingerprint density at radius 3 is 2.42 bits per heavy atom. The van der Waals surface area contributed by atoms with Gasteiger partial charge < -0.3 is 20.3 Å². The average molecular weight is 441 g/mol. The minimum atomic E-state index is -1.71. The molecule has 166 valence electrons. The van der Waals surface area contributed by atoms with E-state index in [1.807, 2.05) is 0 Å². The van der Waals surface area contributed by atoms with Crippen LogP contribution in [0.4, 0.5) is 30.2 Å². The number of nitrogens with zero attached hydrogens (tertiary/aromatic N) is 1. The molecule has 0 fully saturated rings. The van der Waals surface area contributed by atoms with Crippen molar-refractivity contribution in [3.8, 4) is 5.75 Å². The molecule has 0 bridgehead atoms. The van der Waals surface area contributed by atoms with Gasteiger partial charge in [-0.1, -0.05) is 0 Å². The van der Waals surface area contributed by atoms with Gasteiger partial charge in [0.25, 0.3) is 17.5 Å². The summed E-state index contributed by atoms with van der Waals surface area (Å²) in [6.45, 7) is 1.19. The number of nitrogens with one attached hydrogen (secondary N) is 3. The second-order valence-corrected chi connectivity index (χ2v) is 6.65. The number of rotatable bonds is 8. The number of benzene rings is 2. The summed E-state index contributed by atoms with van der Waals surface area (Å²) in [5.74, 6) is -5.74. The lowest BCUT2D eigenvalue weighted by Crippen LogP contribution is -3.14. The number of nitro benzene ring substituents is 1. The molecule has 0 aromatic heterocycles. The smallest absolute Gasteiger partial charge is 0.282 e. The molecule has 0 aliphatic rings. The third kappa shape index (κ3) is 5.69. The highest BCUT2D eigenvalue weighted by molar-refractivity contribution is 5.96. The van der Waals surface area contributed by atoms with Gasteiger partial charge in [0, 0.05) is 12.1 Å². The molecule has 2 rings (SSSR count). The fourth-order valence-corrected chi connectivity index (χ4v) is 2.60. The minimum Gasteiger partial charge on any atom is -0.495 e. The molecule has 0 radical (unpaired) electrons. The number of ether oxygens (including phenoxy) is 1. The summed E-state index contributed by atoms with van der Waals surface area (Å²) in [6.07, 6.45) is 0. The van der Waals surface area contributed by atoms with Crippen molar-refractivity contribution in [3.63, 3.8) is 0 Å². The number of amides is 2. The maximum Gasteiger partial charge on any atom is 0.282 e. The number of carbonyl (C=O) groups excluding carboxylic acids is 2. The van der Waals surface area contributed by atoms with Gasteiger partial charge >= 0.3 is 0 Å². The minimum absolute atomic E-state index is 0.0784. The van der Waals surface area contributed by atoms with E-state index in [4.69, 9.17) is 4.74 Å². The average Bonchev–Trinajstić information content (AvgIpc) is 2.73. The molecule has 0 saturated heterocycles. The predicted molar refractivity (Wildman–Crippen MR) is 104 cm³/mol. The van der Waals surface area contributed by atoms with Crippen molar-refractivity contribution in [2.24, 2.45) is 0 Å². The molecule has 0 heterocycles. The topological polar surface area (TPSA) is 115 Å². The van der Waals surface area contributed by atoms with Crippen molar-refractivity contribution in [1.29, 1.82) is 0 Å². The van der Waals surface area contributed by atoms with E-state index in [1.54, 1.807) is 0 Å². The van der Waals surface area contributed by atoms with Gasteiger partial charge in [0.1, 0.15) is 5.75 Å². The number of anilines is 2. The van der Waals surface area contributed by atoms with E-state index in [-0.39, 0.29) is 23.7 Å². The van der Waals surface area contributed by atoms with Gasteiger partial charge in [0.05, 0.1) is 30.5 Å². The van der Waals surface area contributed by atoms with Gasteiger partial charge in [0.15, 0.2) is 30.0 Å². The van der Waals surface area contributed by atoms with Crippen molar-refractivity contribution < 1.29 is 37.3 Å². The first-order chi connectivity index (χ1) is 14.5. The second kappa shape index (κ2) is 9.89. The molecule has 0 aliphatic carbocycles. The maximum absolute atomic E-state index is 13.7. The van der Waals surface area contributed by atoms with Gasteiger partial charge in [-0.25, -0.2) is 13.2 Å². The first kappa shape index (κ1) is 23.6. The van der Waals surface area contributed by atoms with Gasteiger partial charge in [-0.3, -0.25) is 19.7 Å². The number of quaternary nitrogens is 1. The number of carbonyl (C=O) groups is 2. The molecule has 12 heteroatoms. The highest BCUT2D eigenvalue weighted by Gasteiger charge is 2.26. The van der Waals surface area contributed by atoms with Crippen LogP contribution in [0.1, 0.15) is 6.92 Å². The van der Waals surface area contributed by atoms with Crippen molar-refractivity contribution in [3.05, 3.63) is 57.9 Å². The lowest BCUT2D eigenvalue weighted by molar-refractivity contribution is -0.885. The van der Waals surface area contributed by atoms with E-state index in [0.717, 1.165) is 12.1 Å². The molecular weight excluding hydrogens is 421 g/mol. The van der Waals surface area contributed by atoms with E-state index in [0.29, 0.717) is 11.0 Å². The number of likely N-dealkylation sites (N-methyl/N-ethyl adjacent to an activating group) is 1. The van der Waals surface area contributed by atoms with Crippen LogP contribution in [0.25, 0.3) is 0 Å². The second-order valence-electron chi connectivity index (χ2n) is 6.65. The summed E-state index contributed by atoms with van der Waals surface area (Å²) < 4.78 is 45.0. The normalized spacial score (nSPS) is 12.6. The Morgan fingerprint density at radius 1 is 1.13 bits per heavy atom. The number of methoxy groups -OCH3 is 1. The van der Waals surface area contributed by atoms with Crippen LogP contribution in [0.2, 0.25) is 0 Å². The third-order valence-corrected chi connectivity index (χ3v) is 4.53. The van der Waals surface area contributed by atoms with Crippen molar-refractivity contribution in [1.82, 2.24) is 0 Å². The van der Waals surface area contributed by atoms with Gasteiger partial charge in [-0.05, 0) is 25.1 Å². The molecule has 2 amide bonds.